The largest absolute Gasteiger partial charge is 0.301 e. The highest BCUT2D eigenvalue weighted by Gasteiger charge is 2.20. The van der Waals surface area contributed by atoms with E-state index in [4.69, 9.17) is 0 Å². The lowest BCUT2D eigenvalue weighted by Crippen LogP contribution is -2.37. The van der Waals surface area contributed by atoms with Crippen LogP contribution in [0.4, 0.5) is 5.69 Å². The van der Waals surface area contributed by atoms with Crippen LogP contribution in [0.15, 0.2) is 16.6 Å². The monoisotopic (exact) mass is 334 g/mol. The van der Waals surface area contributed by atoms with Gasteiger partial charge < -0.3 is 0 Å². The van der Waals surface area contributed by atoms with E-state index in [1.165, 1.54) is 4.31 Å². The summed E-state index contributed by atoms with van der Waals surface area (Å²) in [5.41, 5.74) is 2.58. The molecule has 1 rings (SSSR count). The van der Waals surface area contributed by atoms with Crippen molar-refractivity contribution < 1.29 is 8.42 Å². The summed E-state index contributed by atoms with van der Waals surface area (Å²) >= 11 is 3.46. The molecule has 0 saturated heterocycles. The maximum absolute atomic E-state index is 12.1. The van der Waals surface area contributed by atoms with Gasteiger partial charge in [-0.3, -0.25) is 4.72 Å². The summed E-state index contributed by atoms with van der Waals surface area (Å²) in [4.78, 5) is 0. The average Bonchev–Trinajstić information content (AvgIpc) is 2.23. The Balaban J connectivity index is 3.06. The smallest absolute Gasteiger partial charge is 0.271 e. The maximum atomic E-state index is 12.1. The Morgan fingerprint density at radius 1 is 1.22 bits per heavy atom. The number of aryl methyl sites for hydroxylation is 2. The summed E-state index contributed by atoms with van der Waals surface area (Å²) in [7, 11) is -1.93. The zero-order valence-corrected chi connectivity index (χ0v) is 13.7. The SMILES string of the molecule is Cc1cc(NS(=O)(=O)N(C)C(C)C)cc(C)c1Br. The number of rotatable bonds is 4. The van der Waals surface area contributed by atoms with Crippen LogP contribution >= 0.6 is 15.9 Å². The van der Waals surface area contributed by atoms with Gasteiger partial charge in [-0.2, -0.15) is 12.7 Å². The predicted molar refractivity (Wildman–Crippen MR) is 79.1 cm³/mol. The lowest BCUT2D eigenvalue weighted by atomic mass is 10.1. The van der Waals surface area contributed by atoms with Crippen LogP contribution in [0.1, 0.15) is 25.0 Å². The molecular weight excluding hydrogens is 316 g/mol. The number of hydrogen-bond acceptors (Lipinski definition) is 2. The van der Waals surface area contributed by atoms with Crippen LogP contribution in [0, 0.1) is 13.8 Å². The molecule has 0 saturated carbocycles. The number of anilines is 1. The number of benzene rings is 1. The van der Waals surface area contributed by atoms with Crippen molar-refractivity contribution in [2.45, 2.75) is 33.7 Å². The van der Waals surface area contributed by atoms with Crippen molar-refractivity contribution in [3.63, 3.8) is 0 Å². The Morgan fingerprint density at radius 3 is 2.06 bits per heavy atom. The van der Waals surface area contributed by atoms with Crippen LogP contribution in [0.5, 0.6) is 0 Å². The van der Waals surface area contributed by atoms with Gasteiger partial charge in [0.1, 0.15) is 0 Å². The van der Waals surface area contributed by atoms with Crippen LogP contribution in [-0.2, 0) is 10.2 Å². The molecule has 0 aliphatic heterocycles. The van der Waals surface area contributed by atoms with Gasteiger partial charge in [0, 0.05) is 17.6 Å². The number of halogens is 1. The van der Waals surface area contributed by atoms with Gasteiger partial charge in [0.15, 0.2) is 0 Å². The van der Waals surface area contributed by atoms with Crippen LogP contribution in [-0.4, -0.2) is 25.8 Å². The fourth-order valence-corrected chi connectivity index (χ4v) is 2.85. The molecule has 1 N–H and O–H groups in total. The van der Waals surface area contributed by atoms with Crippen molar-refractivity contribution in [3.05, 3.63) is 27.7 Å². The number of nitrogens with zero attached hydrogens (tertiary/aromatic N) is 1. The highest BCUT2D eigenvalue weighted by Crippen LogP contribution is 2.25. The van der Waals surface area contributed by atoms with Gasteiger partial charge in [0.25, 0.3) is 0 Å². The Bertz CT molecular complexity index is 518. The van der Waals surface area contributed by atoms with E-state index in [1.54, 1.807) is 7.05 Å². The zero-order valence-electron chi connectivity index (χ0n) is 11.3. The first-order valence-electron chi connectivity index (χ1n) is 5.67. The van der Waals surface area contributed by atoms with Crippen molar-refractivity contribution in [1.29, 1.82) is 0 Å². The van der Waals surface area contributed by atoms with E-state index < -0.39 is 10.2 Å². The molecule has 0 amide bonds. The first-order valence-corrected chi connectivity index (χ1v) is 7.91. The Morgan fingerprint density at radius 2 is 1.67 bits per heavy atom. The molecular formula is C12H19BrN2O2S. The third-order valence-corrected chi connectivity index (χ3v) is 5.71. The van der Waals surface area contributed by atoms with E-state index in [-0.39, 0.29) is 6.04 Å². The van der Waals surface area contributed by atoms with E-state index in [9.17, 15) is 8.42 Å². The molecule has 1 aromatic carbocycles. The van der Waals surface area contributed by atoms with Gasteiger partial charge in [-0.25, -0.2) is 0 Å². The minimum absolute atomic E-state index is 0.0832. The van der Waals surface area contributed by atoms with E-state index in [1.807, 2.05) is 39.8 Å². The molecule has 6 heteroatoms. The summed E-state index contributed by atoms with van der Waals surface area (Å²) in [6.45, 7) is 7.52. The molecule has 18 heavy (non-hydrogen) atoms. The Hall–Kier alpha value is -0.590. The molecule has 0 aliphatic carbocycles. The van der Waals surface area contributed by atoms with Gasteiger partial charge in [-0.05, 0) is 51.0 Å². The summed E-state index contributed by atoms with van der Waals surface area (Å²) in [5.74, 6) is 0. The van der Waals surface area contributed by atoms with Crippen molar-refractivity contribution in [3.8, 4) is 0 Å². The summed E-state index contributed by atoms with van der Waals surface area (Å²) < 4.78 is 29.0. The Labute approximate surface area is 118 Å². The van der Waals surface area contributed by atoms with Gasteiger partial charge >= 0.3 is 10.2 Å². The molecule has 0 unspecified atom stereocenters. The van der Waals surface area contributed by atoms with E-state index in [2.05, 4.69) is 20.7 Å². The molecule has 0 spiro atoms. The summed E-state index contributed by atoms with van der Waals surface area (Å²) in [5, 5.41) is 0. The minimum Gasteiger partial charge on any atom is -0.271 e. The highest BCUT2D eigenvalue weighted by molar-refractivity contribution is 9.10. The normalized spacial score (nSPS) is 12.2. The molecule has 102 valence electrons. The fourth-order valence-electron chi connectivity index (χ4n) is 1.50. The molecule has 0 fully saturated rings. The van der Waals surface area contributed by atoms with Gasteiger partial charge in [-0.1, -0.05) is 15.9 Å². The minimum atomic E-state index is -3.49. The van der Waals surface area contributed by atoms with E-state index >= 15 is 0 Å². The van der Waals surface area contributed by atoms with Crippen LogP contribution in [0.2, 0.25) is 0 Å². The van der Waals surface area contributed by atoms with E-state index in [0.717, 1.165) is 15.6 Å². The van der Waals surface area contributed by atoms with Gasteiger partial charge in [-0.15, -0.1) is 0 Å². The third-order valence-electron chi connectivity index (χ3n) is 2.79. The second kappa shape index (κ2) is 5.59. The van der Waals surface area contributed by atoms with Crippen molar-refractivity contribution in [2.75, 3.05) is 11.8 Å². The topological polar surface area (TPSA) is 49.4 Å². The van der Waals surface area contributed by atoms with Crippen LogP contribution < -0.4 is 4.72 Å². The molecule has 0 aliphatic rings. The van der Waals surface area contributed by atoms with Gasteiger partial charge in [0.05, 0.1) is 5.69 Å². The second-order valence-corrected chi connectivity index (χ2v) is 7.16. The fraction of sp³-hybridized carbons (Fsp3) is 0.500. The lowest BCUT2D eigenvalue weighted by molar-refractivity contribution is 0.414. The molecule has 0 bridgehead atoms. The van der Waals surface area contributed by atoms with Crippen LogP contribution in [0.25, 0.3) is 0 Å². The zero-order chi connectivity index (χ0) is 14.1. The quantitative estimate of drug-likeness (QED) is 0.919. The lowest BCUT2D eigenvalue weighted by Gasteiger charge is -2.22. The Kier molecular flexibility index (Phi) is 4.80. The second-order valence-electron chi connectivity index (χ2n) is 4.64. The van der Waals surface area contributed by atoms with Crippen LogP contribution in [0.3, 0.4) is 0 Å². The third kappa shape index (κ3) is 3.46. The maximum Gasteiger partial charge on any atom is 0.301 e. The van der Waals surface area contributed by atoms with Gasteiger partial charge in [0.2, 0.25) is 0 Å². The molecule has 0 radical (unpaired) electrons. The molecule has 0 atom stereocenters. The average molecular weight is 335 g/mol. The molecule has 1 aromatic rings. The van der Waals surface area contributed by atoms with Crippen molar-refractivity contribution in [2.24, 2.45) is 0 Å². The first-order chi connectivity index (χ1) is 8.15. The highest BCUT2D eigenvalue weighted by atomic mass is 79.9. The van der Waals surface area contributed by atoms with Crippen molar-refractivity contribution >= 4 is 31.8 Å². The predicted octanol–water partition coefficient (Wildman–Crippen LogP) is 3.06. The molecule has 4 nitrogen and oxygen atoms in total. The molecule has 0 aromatic heterocycles. The molecule has 0 heterocycles. The number of hydrogen-bond donors (Lipinski definition) is 1. The number of nitrogens with one attached hydrogen (secondary N) is 1. The first kappa shape index (κ1) is 15.5. The summed E-state index contributed by atoms with van der Waals surface area (Å²) in [6, 6.07) is 3.53. The van der Waals surface area contributed by atoms with E-state index in [0.29, 0.717) is 5.69 Å². The van der Waals surface area contributed by atoms with Crippen molar-refractivity contribution in [1.82, 2.24) is 4.31 Å². The standard InChI is InChI=1S/C12H19BrN2O2S/c1-8(2)15(5)18(16,17)14-11-6-9(3)12(13)10(4)7-11/h6-8,14H,1-5H3. The summed E-state index contributed by atoms with van der Waals surface area (Å²) in [6.07, 6.45) is 0.